The summed E-state index contributed by atoms with van der Waals surface area (Å²) in [6.07, 6.45) is 1.67. The standard InChI is InChI=1S/C34H34N2O4/c1-5-17-38-32(6-2)36-24-12-14-27-31(20-24)39-30-16-13-23(35-29-15-11-21(3)18-22(29)4)19-28(30)34(27)26-10-8-7-9-25(26)33(37)40-34/h7-16,18-20,32,35-36H,5-6,17H2,1-4H3. The summed E-state index contributed by atoms with van der Waals surface area (Å²) in [7, 11) is 0. The number of hydrogen-bond acceptors (Lipinski definition) is 6. The first-order valence-corrected chi connectivity index (χ1v) is 13.9. The average Bonchev–Trinajstić information content (AvgIpc) is 3.25. The van der Waals surface area contributed by atoms with Gasteiger partial charge in [-0.15, -0.1) is 0 Å². The molecule has 2 atom stereocenters. The van der Waals surface area contributed by atoms with E-state index in [1.54, 1.807) is 0 Å². The van der Waals surface area contributed by atoms with Gasteiger partial charge < -0.3 is 24.8 Å². The lowest BCUT2D eigenvalue weighted by atomic mass is 9.77. The molecule has 0 saturated heterocycles. The Kier molecular flexibility index (Phi) is 6.72. The number of nitrogens with one attached hydrogen (secondary N) is 2. The van der Waals surface area contributed by atoms with Gasteiger partial charge in [-0.2, -0.15) is 0 Å². The van der Waals surface area contributed by atoms with Crippen molar-refractivity contribution in [2.45, 2.75) is 52.4 Å². The highest BCUT2D eigenvalue weighted by Crippen LogP contribution is 2.57. The summed E-state index contributed by atoms with van der Waals surface area (Å²) >= 11 is 0. The molecule has 0 aromatic heterocycles. The van der Waals surface area contributed by atoms with Crippen molar-refractivity contribution in [2.24, 2.45) is 0 Å². The van der Waals surface area contributed by atoms with Crippen LogP contribution in [0.2, 0.25) is 0 Å². The zero-order valence-corrected chi connectivity index (χ0v) is 23.3. The molecule has 6 heteroatoms. The van der Waals surface area contributed by atoms with Gasteiger partial charge in [0.15, 0.2) is 5.60 Å². The normalized spacial score (nSPS) is 17.4. The quantitative estimate of drug-likeness (QED) is 0.175. The zero-order chi connectivity index (χ0) is 27.9. The van der Waals surface area contributed by atoms with E-state index in [2.05, 4.69) is 56.5 Å². The van der Waals surface area contributed by atoms with Crippen LogP contribution in [0.25, 0.3) is 0 Å². The molecule has 2 unspecified atom stereocenters. The lowest BCUT2D eigenvalue weighted by Gasteiger charge is -2.37. The molecule has 6 nitrogen and oxygen atoms in total. The van der Waals surface area contributed by atoms with Crippen molar-refractivity contribution < 1.29 is 19.0 Å². The molecular weight excluding hydrogens is 500 g/mol. The van der Waals surface area contributed by atoms with Gasteiger partial charge in [-0.3, -0.25) is 0 Å². The van der Waals surface area contributed by atoms with Crippen LogP contribution in [-0.2, 0) is 15.1 Å². The Morgan fingerprint density at radius 1 is 0.850 bits per heavy atom. The van der Waals surface area contributed by atoms with Gasteiger partial charge in [-0.05, 0) is 74.7 Å². The van der Waals surface area contributed by atoms with Gasteiger partial charge in [0.2, 0.25) is 0 Å². The summed E-state index contributed by atoms with van der Waals surface area (Å²) in [5.41, 5.74) is 6.97. The molecule has 204 valence electrons. The van der Waals surface area contributed by atoms with Gasteiger partial charge in [0.05, 0.1) is 5.56 Å². The molecule has 0 saturated carbocycles. The number of carbonyl (C=O) groups is 1. The summed E-state index contributed by atoms with van der Waals surface area (Å²) in [5, 5.41) is 7.02. The molecule has 0 aliphatic carbocycles. The lowest BCUT2D eigenvalue weighted by molar-refractivity contribution is 0.0224. The molecule has 6 rings (SSSR count). The average molecular weight is 535 g/mol. The van der Waals surface area contributed by atoms with Crippen molar-refractivity contribution in [2.75, 3.05) is 17.2 Å². The van der Waals surface area contributed by atoms with Gasteiger partial charge in [-0.25, -0.2) is 4.79 Å². The smallest absolute Gasteiger partial charge is 0.340 e. The van der Waals surface area contributed by atoms with Crippen LogP contribution in [0.1, 0.15) is 64.9 Å². The Balaban J connectivity index is 1.46. The van der Waals surface area contributed by atoms with E-state index in [1.165, 1.54) is 5.56 Å². The van der Waals surface area contributed by atoms with Crippen molar-refractivity contribution in [1.82, 2.24) is 0 Å². The second kappa shape index (κ2) is 10.4. The Bertz CT molecular complexity index is 1600. The molecule has 0 amide bonds. The molecule has 4 aromatic carbocycles. The van der Waals surface area contributed by atoms with E-state index in [-0.39, 0.29) is 12.2 Å². The Morgan fingerprint density at radius 2 is 1.68 bits per heavy atom. The number of esters is 1. The number of fused-ring (bicyclic) bond motifs is 6. The molecule has 0 fully saturated rings. The number of aryl methyl sites for hydroxylation is 2. The van der Waals surface area contributed by atoms with E-state index in [1.807, 2.05) is 60.7 Å². The van der Waals surface area contributed by atoms with Gasteiger partial charge in [0.25, 0.3) is 0 Å². The molecule has 2 heterocycles. The number of benzene rings is 4. The molecule has 0 radical (unpaired) electrons. The van der Waals surface area contributed by atoms with Crippen LogP contribution in [0.5, 0.6) is 11.5 Å². The highest BCUT2D eigenvalue weighted by atomic mass is 16.6. The van der Waals surface area contributed by atoms with Crippen LogP contribution < -0.4 is 15.4 Å². The zero-order valence-electron chi connectivity index (χ0n) is 23.3. The molecule has 2 N–H and O–H groups in total. The number of anilines is 3. The van der Waals surface area contributed by atoms with Crippen LogP contribution in [-0.4, -0.2) is 18.8 Å². The summed E-state index contributed by atoms with van der Waals surface area (Å²) < 4.78 is 18.8. The van der Waals surface area contributed by atoms with Gasteiger partial charge in [0, 0.05) is 46.4 Å². The van der Waals surface area contributed by atoms with Crippen molar-refractivity contribution in [3.63, 3.8) is 0 Å². The summed E-state index contributed by atoms with van der Waals surface area (Å²) in [5.74, 6) is 0.945. The monoisotopic (exact) mass is 534 g/mol. The fraction of sp³-hybridized carbons (Fsp3) is 0.265. The van der Waals surface area contributed by atoms with Crippen LogP contribution in [0.3, 0.4) is 0 Å². The topological polar surface area (TPSA) is 68.8 Å². The van der Waals surface area contributed by atoms with E-state index >= 15 is 0 Å². The molecule has 1 spiro atoms. The van der Waals surface area contributed by atoms with Crippen molar-refractivity contribution in [3.8, 4) is 11.5 Å². The predicted octanol–water partition coefficient (Wildman–Crippen LogP) is 8.19. The maximum atomic E-state index is 13.3. The summed E-state index contributed by atoms with van der Waals surface area (Å²) in [6.45, 7) is 9.05. The molecule has 4 aromatic rings. The lowest BCUT2D eigenvalue weighted by Crippen LogP contribution is -2.33. The Morgan fingerprint density at radius 3 is 2.48 bits per heavy atom. The third kappa shape index (κ3) is 4.38. The SMILES string of the molecule is CCCOC(CC)Nc1ccc2c(c1)Oc1ccc(Nc3ccc(C)cc3C)cc1C21OC(=O)c2ccccc21. The maximum absolute atomic E-state index is 13.3. The fourth-order valence-electron chi connectivity index (χ4n) is 5.66. The van der Waals surface area contributed by atoms with Crippen LogP contribution in [0, 0.1) is 13.8 Å². The molecule has 2 aliphatic rings. The minimum atomic E-state index is -1.13. The van der Waals surface area contributed by atoms with Gasteiger partial charge in [0.1, 0.15) is 17.7 Å². The third-order valence-corrected chi connectivity index (χ3v) is 7.59. The third-order valence-electron chi connectivity index (χ3n) is 7.59. The first-order chi connectivity index (χ1) is 19.4. The number of rotatable bonds is 8. The first kappa shape index (κ1) is 26.0. The van der Waals surface area contributed by atoms with Gasteiger partial charge >= 0.3 is 5.97 Å². The van der Waals surface area contributed by atoms with Crippen LogP contribution >= 0.6 is 0 Å². The van der Waals surface area contributed by atoms with E-state index in [9.17, 15) is 4.79 Å². The maximum Gasteiger partial charge on any atom is 0.340 e. The van der Waals surface area contributed by atoms with Crippen LogP contribution in [0.15, 0.2) is 78.9 Å². The second-order valence-corrected chi connectivity index (χ2v) is 10.5. The summed E-state index contributed by atoms with van der Waals surface area (Å²) in [4.78, 5) is 13.3. The Hall–Kier alpha value is -4.29. The van der Waals surface area contributed by atoms with Crippen molar-refractivity contribution in [1.29, 1.82) is 0 Å². The highest BCUT2D eigenvalue weighted by molar-refractivity contribution is 5.97. The van der Waals surface area contributed by atoms with E-state index in [0.29, 0.717) is 23.7 Å². The molecular formula is C34H34N2O4. The van der Waals surface area contributed by atoms with E-state index in [0.717, 1.165) is 52.2 Å². The number of hydrogen-bond donors (Lipinski definition) is 2. The first-order valence-electron chi connectivity index (χ1n) is 13.9. The minimum Gasteiger partial charge on any atom is -0.456 e. The second-order valence-electron chi connectivity index (χ2n) is 10.5. The Labute approximate surface area is 235 Å². The highest BCUT2D eigenvalue weighted by Gasteiger charge is 2.53. The number of ether oxygens (including phenoxy) is 3. The van der Waals surface area contributed by atoms with Crippen LogP contribution in [0.4, 0.5) is 17.1 Å². The largest absolute Gasteiger partial charge is 0.456 e. The minimum absolute atomic E-state index is 0.105. The van der Waals surface area contributed by atoms with E-state index < -0.39 is 5.60 Å². The molecule has 40 heavy (non-hydrogen) atoms. The van der Waals surface area contributed by atoms with Gasteiger partial charge in [-0.1, -0.05) is 49.7 Å². The van der Waals surface area contributed by atoms with E-state index in [4.69, 9.17) is 14.2 Å². The summed E-state index contributed by atoms with van der Waals surface area (Å²) in [6, 6.07) is 25.9. The van der Waals surface area contributed by atoms with Crippen molar-refractivity contribution >= 4 is 23.0 Å². The molecule has 0 bridgehead atoms. The predicted molar refractivity (Wildman–Crippen MR) is 158 cm³/mol. The molecule has 2 aliphatic heterocycles. The number of carbonyl (C=O) groups excluding carboxylic acids is 1. The van der Waals surface area contributed by atoms with Crippen molar-refractivity contribution in [3.05, 3.63) is 112 Å². The fourth-order valence-corrected chi connectivity index (χ4v) is 5.66.